The Kier molecular flexibility index (Phi) is 4.21. The summed E-state index contributed by atoms with van der Waals surface area (Å²) >= 11 is 0. The van der Waals surface area contributed by atoms with Gasteiger partial charge >= 0.3 is 6.18 Å². The fourth-order valence-electron chi connectivity index (χ4n) is 1.63. The van der Waals surface area contributed by atoms with Crippen molar-refractivity contribution in [1.29, 1.82) is 0 Å². The molecule has 1 N–H and O–H groups in total. The fourth-order valence-corrected chi connectivity index (χ4v) is 1.63. The zero-order chi connectivity index (χ0) is 15.5. The Morgan fingerprint density at radius 1 is 1.14 bits per heavy atom. The Morgan fingerprint density at radius 3 is 2.38 bits per heavy atom. The molecule has 110 valence electrons. The lowest BCUT2D eigenvalue weighted by atomic mass is 10.1. The van der Waals surface area contributed by atoms with Crippen molar-refractivity contribution in [3.63, 3.8) is 0 Å². The predicted molar refractivity (Wildman–Crippen MR) is 66.8 cm³/mol. The normalized spacial score (nSPS) is 11.2. The Morgan fingerprint density at radius 2 is 1.81 bits per heavy atom. The first-order valence-corrected chi connectivity index (χ1v) is 5.93. The Balaban J connectivity index is 2.03. The molecular formula is C14H10F4N2O. The van der Waals surface area contributed by atoms with Crippen LogP contribution in [-0.4, -0.2) is 10.9 Å². The van der Waals surface area contributed by atoms with Crippen LogP contribution in [0.3, 0.4) is 0 Å². The van der Waals surface area contributed by atoms with Crippen molar-refractivity contribution in [3.05, 3.63) is 65.2 Å². The predicted octanol–water partition coefficient (Wildman–Crippen LogP) is 3.17. The average molecular weight is 298 g/mol. The number of aromatic nitrogens is 1. The number of amides is 1. The number of alkyl halides is 3. The van der Waals surface area contributed by atoms with Crippen molar-refractivity contribution in [2.45, 2.75) is 12.7 Å². The summed E-state index contributed by atoms with van der Waals surface area (Å²) in [7, 11) is 0. The van der Waals surface area contributed by atoms with Crippen molar-refractivity contribution >= 4 is 5.91 Å². The van der Waals surface area contributed by atoms with Crippen LogP contribution >= 0.6 is 0 Å². The number of hydrogen-bond acceptors (Lipinski definition) is 2. The van der Waals surface area contributed by atoms with Gasteiger partial charge in [0.25, 0.3) is 5.91 Å². The lowest BCUT2D eigenvalue weighted by molar-refractivity contribution is -0.137. The van der Waals surface area contributed by atoms with Crippen molar-refractivity contribution in [2.24, 2.45) is 0 Å². The minimum Gasteiger partial charge on any atom is -0.346 e. The van der Waals surface area contributed by atoms with E-state index in [0.717, 1.165) is 24.3 Å². The summed E-state index contributed by atoms with van der Waals surface area (Å²) < 4.78 is 50.4. The van der Waals surface area contributed by atoms with Gasteiger partial charge < -0.3 is 5.32 Å². The maximum atomic E-state index is 13.3. The van der Waals surface area contributed by atoms with Crippen molar-refractivity contribution in [3.8, 4) is 0 Å². The van der Waals surface area contributed by atoms with E-state index in [9.17, 15) is 22.4 Å². The lowest BCUT2D eigenvalue weighted by Crippen LogP contribution is -2.24. The minimum atomic E-state index is -4.45. The largest absolute Gasteiger partial charge is 0.416 e. The van der Waals surface area contributed by atoms with Gasteiger partial charge in [0.15, 0.2) is 0 Å². The molecule has 1 aromatic heterocycles. The molecule has 1 amide bonds. The monoisotopic (exact) mass is 298 g/mol. The van der Waals surface area contributed by atoms with E-state index in [1.54, 1.807) is 0 Å². The molecule has 21 heavy (non-hydrogen) atoms. The zero-order valence-electron chi connectivity index (χ0n) is 10.6. The second-order valence-corrected chi connectivity index (χ2v) is 4.19. The highest BCUT2D eigenvalue weighted by Gasteiger charge is 2.30. The molecule has 0 atom stereocenters. The smallest absolute Gasteiger partial charge is 0.346 e. The number of hydrogen-bond donors (Lipinski definition) is 1. The zero-order valence-corrected chi connectivity index (χ0v) is 10.6. The Bertz CT molecular complexity index is 638. The van der Waals surface area contributed by atoms with Crippen LogP contribution in [0.5, 0.6) is 0 Å². The van der Waals surface area contributed by atoms with Crippen LogP contribution in [0, 0.1) is 5.82 Å². The molecule has 2 rings (SSSR count). The van der Waals surface area contributed by atoms with Crippen molar-refractivity contribution in [1.82, 2.24) is 10.3 Å². The van der Waals surface area contributed by atoms with Crippen LogP contribution in [0.15, 0.2) is 42.6 Å². The molecule has 0 unspecified atom stereocenters. The van der Waals surface area contributed by atoms with Gasteiger partial charge in [0.05, 0.1) is 17.8 Å². The minimum absolute atomic E-state index is 0.0535. The number of benzene rings is 1. The van der Waals surface area contributed by atoms with Gasteiger partial charge in [0.2, 0.25) is 0 Å². The lowest BCUT2D eigenvalue weighted by Gasteiger charge is -2.08. The van der Waals surface area contributed by atoms with E-state index in [2.05, 4.69) is 10.3 Å². The molecule has 0 saturated carbocycles. The van der Waals surface area contributed by atoms with Gasteiger partial charge in [0, 0.05) is 11.8 Å². The molecule has 0 fully saturated rings. The summed E-state index contributed by atoms with van der Waals surface area (Å²) in [5.74, 6) is -1.17. The average Bonchev–Trinajstić information content (AvgIpc) is 2.45. The van der Waals surface area contributed by atoms with Crippen molar-refractivity contribution in [2.75, 3.05) is 0 Å². The van der Waals surface area contributed by atoms with E-state index in [1.807, 2.05) is 0 Å². The quantitative estimate of drug-likeness (QED) is 0.884. The number of nitrogens with one attached hydrogen (secondary N) is 1. The fraction of sp³-hybridized carbons (Fsp3) is 0.143. The molecule has 0 aliphatic heterocycles. The molecule has 0 radical (unpaired) electrons. The molecule has 0 saturated heterocycles. The number of carbonyl (C=O) groups is 1. The number of pyridine rings is 1. The molecule has 3 nitrogen and oxygen atoms in total. The summed E-state index contributed by atoms with van der Waals surface area (Å²) in [6.45, 7) is -0.146. The topological polar surface area (TPSA) is 42.0 Å². The van der Waals surface area contributed by atoms with Gasteiger partial charge in [-0.3, -0.25) is 9.78 Å². The van der Waals surface area contributed by atoms with Crippen LogP contribution in [0.4, 0.5) is 17.6 Å². The Hall–Kier alpha value is -2.44. The highest BCUT2D eigenvalue weighted by molar-refractivity contribution is 5.94. The molecule has 0 spiro atoms. The first-order valence-electron chi connectivity index (χ1n) is 5.93. The maximum Gasteiger partial charge on any atom is 0.416 e. The third-order valence-electron chi connectivity index (χ3n) is 2.73. The van der Waals surface area contributed by atoms with Gasteiger partial charge in [-0.05, 0) is 36.4 Å². The van der Waals surface area contributed by atoms with Gasteiger partial charge in [-0.15, -0.1) is 0 Å². The molecule has 1 aromatic carbocycles. The van der Waals surface area contributed by atoms with Crippen LogP contribution in [0.1, 0.15) is 21.6 Å². The molecule has 0 aliphatic carbocycles. The molecular weight excluding hydrogens is 288 g/mol. The van der Waals surface area contributed by atoms with Crippen LogP contribution in [0.25, 0.3) is 0 Å². The molecule has 0 aliphatic rings. The van der Waals surface area contributed by atoms with Gasteiger partial charge in [-0.25, -0.2) is 4.39 Å². The van der Waals surface area contributed by atoms with E-state index >= 15 is 0 Å². The first-order chi connectivity index (χ1) is 9.88. The third kappa shape index (κ3) is 3.77. The summed E-state index contributed by atoms with van der Waals surface area (Å²) in [5, 5.41) is 2.39. The molecule has 7 heteroatoms. The van der Waals surface area contributed by atoms with E-state index < -0.39 is 23.5 Å². The SMILES string of the molecule is O=C(NCc1ncccc1F)c1ccc(C(F)(F)F)cc1. The number of carbonyl (C=O) groups excluding carboxylic acids is 1. The standard InChI is InChI=1S/C14H10F4N2O/c15-11-2-1-7-19-12(11)8-20-13(21)9-3-5-10(6-4-9)14(16,17)18/h1-7H,8H2,(H,20,21). The second kappa shape index (κ2) is 5.90. The third-order valence-corrected chi connectivity index (χ3v) is 2.73. The van der Waals surface area contributed by atoms with E-state index in [0.29, 0.717) is 0 Å². The molecule has 2 aromatic rings. The number of halogens is 4. The van der Waals surface area contributed by atoms with E-state index in [1.165, 1.54) is 18.3 Å². The van der Waals surface area contributed by atoms with Crippen molar-refractivity contribution < 1.29 is 22.4 Å². The summed E-state index contributed by atoms with van der Waals surface area (Å²) in [6, 6.07) is 6.37. The number of nitrogens with zero attached hydrogens (tertiary/aromatic N) is 1. The highest BCUT2D eigenvalue weighted by Crippen LogP contribution is 2.29. The summed E-state index contributed by atoms with van der Waals surface area (Å²) in [4.78, 5) is 15.5. The summed E-state index contributed by atoms with van der Waals surface area (Å²) in [5.41, 5.74) is -0.730. The second-order valence-electron chi connectivity index (χ2n) is 4.19. The molecule has 1 heterocycles. The number of rotatable bonds is 3. The summed E-state index contributed by atoms with van der Waals surface area (Å²) in [6.07, 6.45) is -3.07. The van der Waals surface area contributed by atoms with E-state index in [4.69, 9.17) is 0 Å². The maximum absolute atomic E-state index is 13.3. The van der Waals surface area contributed by atoms with Gasteiger partial charge in [0.1, 0.15) is 5.82 Å². The van der Waals surface area contributed by atoms with Crippen LogP contribution < -0.4 is 5.32 Å². The van der Waals surface area contributed by atoms with Crippen LogP contribution in [0.2, 0.25) is 0 Å². The van der Waals surface area contributed by atoms with E-state index in [-0.39, 0.29) is 17.8 Å². The van der Waals surface area contributed by atoms with Gasteiger partial charge in [-0.1, -0.05) is 0 Å². The highest BCUT2D eigenvalue weighted by atomic mass is 19.4. The van der Waals surface area contributed by atoms with Crippen LogP contribution in [-0.2, 0) is 12.7 Å². The first kappa shape index (κ1) is 15.0. The Labute approximate surface area is 117 Å². The molecule has 0 bridgehead atoms. The van der Waals surface area contributed by atoms with Gasteiger partial charge in [-0.2, -0.15) is 13.2 Å².